The van der Waals surface area contributed by atoms with Gasteiger partial charge in [-0.05, 0) is 37.6 Å². The molecule has 0 aliphatic heterocycles. The molecule has 0 spiro atoms. The van der Waals surface area contributed by atoms with Gasteiger partial charge in [0.15, 0.2) is 0 Å². The van der Waals surface area contributed by atoms with E-state index in [1.807, 2.05) is 31.2 Å². The summed E-state index contributed by atoms with van der Waals surface area (Å²) in [4.78, 5) is 26.4. The molecular formula is C18H23N3O4. The van der Waals surface area contributed by atoms with Crippen LogP contribution in [0.2, 0.25) is 0 Å². The Bertz CT molecular complexity index is 759. The van der Waals surface area contributed by atoms with Crippen molar-refractivity contribution in [1.29, 1.82) is 0 Å². The Kier molecular flexibility index (Phi) is 6.59. The number of nitrogens with one attached hydrogen (secondary N) is 3. The zero-order valence-electron chi connectivity index (χ0n) is 14.3. The number of hydrogen-bond acceptors (Lipinski definition) is 4. The quantitative estimate of drug-likeness (QED) is 0.606. The van der Waals surface area contributed by atoms with Crippen molar-refractivity contribution in [2.24, 2.45) is 0 Å². The molecule has 7 nitrogen and oxygen atoms in total. The first-order valence-electron chi connectivity index (χ1n) is 8.02. The van der Waals surface area contributed by atoms with Crippen LogP contribution >= 0.6 is 0 Å². The maximum Gasteiger partial charge on any atom is 0.315 e. The lowest BCUT2D eigenvalue weighted by atomic mass is 10.1. The van der Waals surface area contributed by atoms with Gasteiger partial charge in [-0.3, -0.25) is 4.79 Å². The molecule has 0 saturated carbocycles. The van der Waals surface area contributed by atoms with E-state index >= 15 is 0 Å². The lowest BCUT2D eigenvalue weighted by molar-refractivity contribution is 0.108. The fourth-order valence-electron chi connectivity index (χ4n) is 2.31. The van der Waals surface area contributed by atoms with E-state index in [9.17, 15) is 14.7 Å². The largest absolute Gasteiger partial charge is 0.491 e. The highest BCUT2D eigenvalue weighted by molar-refractivity contribution is 5.73. The number of aliphatic hydroxyl groups is 1. The number of aromatic nitrogens is 1. The van der Waals surface area contributed by atoms with Crippen LogP contribution in [0.15, 0.2) is 41.2 Å². The number of ether oxygens (including phenoxy) is 1. The van der Waals surface area contributed by atoms with Gasteiger partial charge in [-0.25, -0.2) is 4.79 Å². The van der Waals surface area contributed by atoms with Gasteiger partial charge < -0.3 is 25.5 Å². The van der Waals surface area contributed by atoms with Crippen LogP contribution in [0.25, 0.3) is 0 Å². The molecule has 4 N–H and O–H groups in total. The number of carbonyl (C=O) groups is 1. The molecule has 2 rings (SSSR count). The second-order valence-electron chi connectivity index (χ2n) is 5.78. The molecule has 0 radical (unpaired) electrons. The molecule has 25 heavy (non-hydrogen) atoms. The Balaban J connectivity index is 1.73. The number of benzene rings is 1. The highest BCUT2D eigenvalue weighted by atomic mass is 16.5. The maximum atomic E-state index is 11.9. The monoisotopic (exact) mass is 345 g/mol. The van der Waals surface area contributed by atoms with Gasteiger partial charge in [0, 0.05) is 17.8 Å². The summed E-state index contributed by atoms with van der Waals surface area (Å²) in [7, 11) is 0. The van der Waals surface area contributed by atoms with E-state index in [1.54, 1.807) is 19.1 Å². The molecular weight excluding hydrogens is 322 g/mol. The third kappa shape index (κ3) is 5.96. The van der Waals surface area contributed by atoms with Crippen LogP contribution in [-0.4, -0.2) is 35.4 Å². The number of H-pyrrole nitrogens is 1. The van der Waals surface area contributed by atoms with Crippen LogP contribution in [0.1, 0.15) is 16.8 Å². The van der Waals surface area contributed by atoms with Gasteiger partial charge in [0.1, 0.15) is 18.5 Å². The van der Waals surface area contributed by atoms with E-state index in [-0.39, 0.29) is 25.3 Å². The van der Waals surface area contributed by atoms with Gasteiger partial charge in [-0.2, -0.15) is 0 Å². The van der Waals surface area contributed by atoms with E-state index < -0.39 is 12.1 Å². The number of hydrogen-bond donors (Lipinski definition) is 4. The minimum atomic E-state index is -0.838. The molecule has 134 valence electrons. The molecule has 1 aromatic carbocycles. The molecule has 0 saturated heterocycles. The second-order valence-corrected chi connectivity index (χ2v) is 5.78. The lowest BCUT2D eigenvalue weighted by Gasteiger charge is -2.14. The number of aryl methyl sites for hydroxylation is 2. The average Bonchev–Trinajstić information content (AvgIpc) is 2.58. The number of amides is 2. The van der Waals surface area contributed by atoms with Gasteiger partial charge in [-0.15, -0.1) is 0 Å². The number of rotatable bonds is 7. The summed E-state index contributed by atoms with van der Waals surface area (Å²) in [6.45, 7) is 3.85. The highest BCUT2D eigenvalue weighted by Crippen LogP contribution is 2.08. The molecule has 1 heterocycles. The Morgan fingerprint density at radius 2 is 1.96 bits per heavy atom. The number of aromatic amines is 1. The molecule has 1 atom stereocenters. The topological polar surface area (TPSA) is 103 Å². The summed E-state index contributed by atoms with van der Waals surface area (Å²) in [6, 6.07) is 10.5. The van der Waals surface area contributed by atoms with Crippen molar-refractivity contribution in [2.75, 3.05) is 13.2 Å². The lowest BCUT2D eigenvalue weighted by Crippen LogP contribution is -2.41. The Morgan fingerprint density at radius 1 is 1.24 bits per heavy atom. The predicted octanol–water partition coefficient (Wildman–Crippen LogP) is 1.23. The first-order valence-corrected chi connectivity index (χ1v) is 8.02. The summed E-state index contributed by atoms with van der Waals surface area (Å²) in [6.07, 6.45) is -0.838. The molecule has 1 aromatic heterocycles. The average molecular weight is 345 g/mol. The number of aliphatic hydroxyl groups excluding tert-OH is 1. The summed E-state index contributed by atoms with van der Waals surface area (Å²) in [5.41, 5.74) is 1.89. The fourth-order valence-corrected chi connectivity index (χ4v) is 2.31. The van der Waals surface area contributed by atoms with Gasteiger partial charge in [-0.1, -0.05) is 18.2 Å². The zero-order valence-corrected chi connectivity index (χ0v) is 14.3. The standard InChI is InChI=1S/C18H23N3O4/c1-12-8-13(2)21-17(23)16(12)10-20-18(24)19-9-14(22)11-25-15-6-4-3-5-7-15/h3-8,14,22H,9-11H2,1-2H3,(H,21,23)(H2,19,20,24)/t14-/m1/s1. The molecule has 2 amide bonds. The van der Waals surface area contributed by atoms with Crippen molar-refractivity contribution in [2.45, 2.75) is 26.5 Å². The molecule has 0 unspecified atom stereocenters. The van der Waals surface area contributed by atoms with E-state index in [0.29, 0.717) is 11.3 Å². The fraction of sp³-hybridized carbons (Fsp3) is 0.333. The molecule has 0 aliphatic carbocycles. The van der Waals surface area contributed by atoms with Gasteiger partial charge in [0.2, 0.25) is 0 Å². The Hall–Kier alpha value is -2.80. The third-order valence-electron chi connectivity index (χ3n) is 3.60. The third-order valence-corrected chi connectivity index (χ3v) is 3.60. The van der Waals surface area contributed by atoms with E-state index in [4.69, 9.17) is 4.74 Å². The van der Waals surface area contributed by atoms with Crippen LogP contribution < -0.4 is 20.9 Å². The SMILES string of the molecule is Cc1cc(C)c(CNC(=O)NC[C@@H](O)COc2ccccc2)c(=O)[nH]1. The number of pyridine rings is 1. The van der Waals surface area contributed by atoms with Crippen LogP contribution in [-0.2, 0) is 6.54 Å². The normalized spacial score (nSPS) is 11.6. The minimum absolute atomic E-state index is 0.0436. The zero-order chi connectivity index (χ0) is 18.2. The van der Waals surface area contributed by atoms with Crippen molar-refractivity contribution >= 4 is 6.03 Å². The van der Waals surface area contributed by atoms with Crippen molar-refractivity contribution in [3.8, 4) is 5.75 Å². The number of urea groups is 1. The van der Waals surface area contributed by atoms with E-state index in [0.717, 1.165) is 11.3 Å². The molecule has 0 bridgehead atoms. The summed E-state index contributed by atoms with van der Waals surface area (Å²) in [5, 5.41) is 15.0. The number of para-hydroxylation sites is 1. The maximum absolute atomic E-state index is 11.9. The molecule has 0 fully saturated rings. The highest BCUT2D eigenvalue weighted by Gasteiger charge is 2.10. The molecule has 0 aliphatic rings. The molecule has 2 aromatic rings. The van der Waals surface area contributed by atoms with Crippen molar-refractivity contribution in [3.63, 3.8) is 0 Å². The smallest absolute Gasteiger partial charge is 0.315 e. The van der Waals surface area contributed by atoms with Crippen LogP contribution in [0, 0.1) is 13.8 Å². The van der Waals surface area contributed by atoms with Crippen molar-refractivity contribution in [1.82, 2.24) is 15.6 Å². The van der Waals surface area contributed by atoms with Gasteiger partial charge >= 0.3 is 6.03 Å². The van der Waals surface area contributed by atoms with Crippen molar-refractivity contribution < 1.29 is 14.6 Å². The summed E-state index contributed by atoms with van der Waals surface area (Å²) < 4.78 is 5.40. The Morgan fingerprint density at radius 3 is 2.64 bits per heavy atom. The number of carbonyl (C=O) groups excluding carboxylic acids is 1. The van der Waals surface area contributed by atoms with Crippen LogP contribution in [0.5, 0.6) is 5.75 Å². The second kappa shape index (κ2) is 8.89. The summed E-state index contributed by atoms with van der Waals surface area (Å²) in [5.74, 6) is 0.653. The van der Waals surface area contributed by atoms with E-state index in [1.165, 1.54) is 0 Å². The summed E-state index contributed by atoms with van der Waals surface area (Å²) >= 11 is 0. The first kappa shape index (κ1) is 18.5. The van der Waals surface area contributed by atoms with Crippen LogP contribution in [0.3, 0.4) is 0 Å². The van der Waals surface area contributed by atoms with E-state index in [2.05, 4.69) is 15.6 Å². The molecule has 7 heteroatoms. The van der Waals surface area contributed by atoms with Crippen molar-refractivity contribution in [3.05, 3.63) is 63.6 Å². The Labute approximate surface area is 146 Å². The first-order chi connectivity index (χ1) is 12.0. The minimum Gasteiger partial charge on any atom is -0.491 e. The predicted molar refractivity (Wildman–Crippen MR) is 94.7 cm³/mol. The van der Waals surface area contributed by atoms with Gasteiger partial charge in [0.25, 0.3) is 5.56 Å². The van der Waals surface area contributed by atoms with Gasteiger partial charge in [0.05, 0.1) is 6.54 Å². The van der Waals surface area contributed by atoms with Crippen LogP contribution in [0.4, 0.5) is 4.79 Å².